The third kappa shape index (κ3) is 2.73. The van der Waals surface area contributed by atoms with Crippen molar-refractivity contribution in [3.8, 4) is 0 Å². The number of aliphatic hydroxyl groups excluding tert-OH is 2. The summed E-state index contributed by atoms with van der Waals surface area (Å²) in [6, 6.07) is 10.2. The molecular weight excluding hydrogens is 256 g/mol. The maximum atomic E-state index is 10.2. The minimum atomic E-state index is -0.565. The number of thiophene rings is 1. The van der Waals surface area contributed by atoms with Crippen molar-refractivity contribution in [2.24, 2.45) is 5.92 Å². The third-order valence-electron chi connectivity index (χ3n) is 3.81. The van der Waals surface area contributed by atoms with Crippen molar-refractivity contribution in [3.63, 3.8) is 0 Å². The molecule has 0 saturated heterocycles. The molecule has 0 aliphatic heterocycles. The SMILES string of the molecule is OC(/C=C/[C@@H]1CCC[C@H]1O)c1cc2ccccc2s1. The van der Waals surface area contributed by atoms with E-state index in [0.29, 0.717) is 0 Å². The average Bonchev–Trinajstić information content (AvgIpc) is 3.01. The van der Waals surface area contributed by atoms with Gasteiger partial charge in [-0.1, -0.05) is 36.8 Å². The van der Waals surface area contributed by atoms with Crippen LogP contribution < -0.4 is 0 Å². The lowest BCUT2D eigenvalue weighted by Gasteiger charge is -2.09. The van der Waals surface area contributed by atoms with Crippen molar-refractivity contribution in [2.75, 3.05) is 0 Å². The second-order valence-electron chi connectivity index (χ2n) is 5.18. The first kappa shape index (κ1) is 12.9. The fraction of sp³-hybridized carbons (Fsp3) is 0.375. The van der Waals surface area contributed by atoms with Crippen LogP contribution in [0.15, 0.2) is 42.5 Å². The first-order valence-electron chi connectivity index (χ1n) is 6.77. The van der Waals surface area contributed by atoms with Gasteiger partial charge in [0.1, 0.15) is 6.10 Å². The number of fused-ring (bicyclic) bond motifs is 1. The van der Waals surface area contributed by atoms with Gasteiger partial charge in [-0.15, -0.1) is 11.3 Å². The molecule has 0 radical (unpaired) electrons. The van der Waals surface area contributed by atoms with Gasteiger partial charge < -0.3 is 10.2 Å². The van der Waals surface area contributed by atoms with Crippen molar-refractivity contribution in [1.82, 2.24) is 0 Å². The average molecular weight is 274 g/mol. The largest absolute Gasteiger partial charge is 0.393 e. The zero-order chi connectivity index (χ0) is 13.2. The quantitative estimate of drug-likeness (QED) is 0.839. The number of hydrogen-bond donors (Lipinski definition) is 2. The van der Waals surface area contributed by atoms with Crippen LogP contribution in [0.4, 0.5) is 0 Å². The highest BCUT2D eigenvalue weighted by atomic mass is 32.1. The van der Waals surface area contributed by atoms with Crippen LogP contribution in [0.5, 0.6) is 0 Å². The van der Waals surface area contributed by atoms with Gasteiger partial charge in [-0.05, 0) is 30.4 Å². The highest BCUT2D eigenvalue weighted by Crippen LogP contribution is 2.32. The molecule has 1 aromatic heterocycles. The molecule has 1 aliphatic rings. The third-order valence-corrected chi connectivity index (χ3v) is 5.00. The molecule has 1 aliphatic carbocycles. The van der Waals surface area contributed by atoms with Gasteiger partial charge in [0.15, 0.2) is 0 Å². The lowest BCUT2D eigenvalue weighted by atomic mass is 10.0. The topological polar surface area (TPSA) is 40.5 Å². The molecule has 1 unspecified atom stereocenters. The summed E-state index contributed by atoms with van der Waals surface area (Å²) in [7, 11) is 0. The summed E-state index contributed by atoms with van der Waals surface area (Å²) >= 11 is 1.62. The summed E-state index contributed by atoms with van der Waals surface area (Å²) in [4.78, 5) is 0.963. The van der Waals surface area contributed by atoms with Gasteiger partial charge in [0.25, 0.3) is 0 Å². The standard InChI is InChI=1S/C16H18O2S/c17-13-6-3-5-11(13)8-9-14(18)16-10-12-4-1-2-7-15(12)19-16/h1-2,4,7-11,13-14,17-18H,3,5-6H2/b9-8+/t11-,13+,14?/m0/s1. The molecule has 1 aromatic carbocycles. The van der Waals surface area contributed by atoms with Gasteiger partial charge in [-0.3, -0.25) is 0 Å². The predicted molar refractivity (Wildman–Crippen MR) is 79.3 cm³/mol. The molecule has 19 heavy (non-hydrogen) atoms. The van der Waals surface area contributed by atoms with Crippen molar-refractivity contribution < 1.29 is 10.2 Å². The summed E-state index contributed by atoms with van der Waals surface area (Å²) in [6.07, 6.45) is 5.99. The Bertz CT molecular complexity index is 554. The van der Waals surface area contributed by atoms with Crippen LogP contribution in [0.3, 0.4) is 0 Å². The number of hydrogen-bond acceptors (Lipinski definition) is 3. The minimum absolute atomic E-state index is 0.212. The molecule has 3 heteroatoms. The minimum Gasteiger partial charge on any atom is -0.393 e. The monoisotopic (exact) mass is 274 g/mol. The maximum Gasteiger partial charge on any atom is 0.106 e. The van der Waals surface area contributed by atoms with Gasteiger partial charge in [-0.25, -0.2) is 0 Å². The zero-order valence-electron chi connectivity index (χ0n) is 10.7. The molecule has 2 nitrogen and oxygen atoms in total. The Morgan fingerprint density at radius 1 is 1.26 bits per heavy atom. The van der Waals surface area contributed by atoms with E-state index in [1.54, 1.807) is 11.3 Å². The van der Waals surface area contributed by atoms with Gasteiger partial charge in [0.2, 0.25) is 0 Å². The maximum absolute atomic E-state index is 10.2. The number of rotatable bonds is 3. The summed E-state index contributed by atoms with van der Waals surface area (Å²) in [5, 5.41) is 21.1. The zero-order valence-corrected chi connectivity index (χ0v) is 11.5. The highest BCUT2D eigenvalue weighted by Gasteiger charge is 2.22. The second-order valence-corrected chi connectivity index (χ2v) is 6.29. The smallest absolute Gasteiger partial charge is 0.106 e. The summed E-state index contributed by atoms with van der Waals surface area (Å²) in [5.74, 6) is 0.212. The number of benzene rings is 1. The molecular formula is C16H18O2S. The van der Waals surface area contributed by atoms with Crippen molar-refractivity contribution >= 4 is 21.4 Å². The second kappa shape index (κ2) is 5.45. The molecule has 2 aromatic rings. The molecule has 3 rings (SSSR count). The van der Waals surface area contributed by atoms with Gasteiger partial charge in [-0.2, -0.15) is 0 Å². The normalized spacial score (nSPS) is 25.4. The van der Waals surface area contributed by atoms with E-state index in [9.17, 15) is 10.2 Å². The van der Waals surface area contributed by atoms with E-state index >= 15 is 0 Å². The van der Waals surface area contributed by atoms with Crippen LogP contribution >= 0.6 is 11.3 Å². The Labute approximate surface area is 117 Å². The molecule has 2 N–H and O–H groups in total. The van der Waals surface area contributed by atoms with Crippen molar-refractivity contribution in [1.29, 1.82) is 0 Å². The molecule has 0 bridgehead atoms. The first-order chi connectivity index (χ1) is 9.24. The Morgan fingerprint density at radius 3 is 2.84 bits per heavy atom. The lowest BCUT2D eigenvalue weighted by molar-refractivity contribution is 0.152. The Morgan fingerprint density at radius 2 is 2.11 bits per heavy atom. The molecule has 100 valence electrons. The van der Waals surface area contributed by atoms with Crippen LogP contribution in [-0.2, 0) is 0 Å². The molecule has 3 atom stereocenters. The van der Waals surface area contributed by atoms with E-state index in [4.69, 9.17) is 0 Å². The van der Waals surface area contributed by atoms with Gasteiger partial charge in [0.05, 0.1) is 6.10 Å². The van der Waals surface area contributed by atoms with Crippen LogP contribution in [-0.4, -0.2) is 16.3 Å². The van der Waals surface area contributed by atoms with E-state index in [1.165, 1.54) is 10.1 Å². The molecule has 0 spiro atoms. The van der Waals surface area contributed by atoms with E-state index in [-0.39, 0.29) is 12.0 Å². The van der Waals surface area contributed by atoms with Crippen molar-refractivity contribution in [3.05, 3.63) is 47.4 Å². The molecule has 1 heterocycles. The Kier molecular flexibility index (Phi) is 3.69. The van der Waals surface area contributed by atoms with Gasteiger partial charge in [0, 0.05) is 15.5 Å². The highest BCUT2D eigenvalue weighted by molar-refractivity contribution is 7.19. The number of aliphatic hydroxyl groups is 2. The Hall–Kier alpha value is -1.16. The molecule has 1 saturated carbocycles. The fourth-order valence-electron chi connectivity index (χ4n) is 2.68. The summed E-state index contributed by atoms with van der Waals surface area (Å²) in [6.45, 7) is 0. The van der Waals surface area contributed by atoms with Crippen LogP contribution in [0.25, 0.3) is 10.1 Å². The molecule has 0 amide bonds. The summed E-state index contributed by atoms with van der Waals surface area (Å²) in [5.41, 5.74) is 0. The Balaban J connectivity index is 1.76. The fourth-order valence-corrected chi connectivity index (χ4v) is 3.72. The van der Waals surface area contributed by atoms with E-state index in [0.717, 1.165) is 24.1 Å². The first-order valence-corrected chi connectivity index (χ1v) is 7.58. The van der Waals surface area contributed by atoms with Crippen LogP contribution in [0.2, 0.25) is 0 Å². The van der Waals surface area contributed by atoms with Gasteiger partial charge >= 0.3 is 0 Å². The van der Waals surface area contributed by atoms with Crippen molar-refractivity contribution in [2.45, 2.75) is 31.5 Å². The van der Waals surface area contributed by atoms with E-state index in [2.05, 4.69) is 12.1 Å². The van der Waals surface area contributed by atoms with Crippen LogP contribution in [0.1, 0.15) is 30.2 Å². The van der Waals surface area contributed by atoms with E-state index in [1.807, 2.05) is 30.4 Å². The predicted octanol–water partition coefficient (Wildman–Crippen LogP) is 3.65. The van der Waals surface area contributed by atoms with Crippen LogP contribution in [0, 0.1) is 5.92 Å². The lowest BCUT2D eigenvalue weighted by Crippen LogP contribution is -2.10. The summed E-state index contributed by atoms with van der Waals surface area (Å²) < 4.78 is 1.20. The van der Waals surface area contributed by atoms with E-state index < -0.39 is 6.10 Å². The molecule has 1 fully saturated rings.